The molecule has 0 bridgehead atoms. The molecule has 3 aromatic rings. The molecule has 1 amide bonds. The lowest BCUT2D eigenvalue weighted by Crippen LogP contribution is -2.42. The number of rotatable bonds is 4. The van der Waals surface area contributed by atoms with E-state index in [1.54, 1.807) is 6.20 Å². The van der Waals surface area contributed by atoms with Crippen molar-refractivity contribution in [2.24, 2.45) is 5.92 Å². The van der Waals surface area contributed by atoms with Crippen LogP contribution in [-0.4, -0.2) is 43.1 Å². The molecule has 0 radical (unpaired) electrons. The normalized spacial score (nSPS) is 22.3. The summed E-state index contributed by atoms with van der Waals surface area (Å²) in [4.78, 5) is 27.2. The van der Waals surface area contributed by atoms with E-state index in [9.17, 15) is 9.18 Å². The Morgan fingerprint density at radius 3 is 2.79 bits per heavy atom. The maximum absolute atomic E-state index is 13.1. The van der Waals surface area contributed by atoms with Gasteiger partial charge in [-0.2, -0.15) is 0 Å². The van der Waals surface area contributed by atoms with Gasteiger partial charge in [-0.05, 0) is 43.4 Å². The fourth-order valence-corrected chi connectivity index (χ4v) is 4.00. The molecule has 1 aromatic carbocycles. The van der Waals surface area contributed by atoms with Crippen LogP contribution in [0, 0.1) is 18.7 Å². The standard InChI is InChI=1S/C20H18FN7O/c1-11-2-3-14(6-15(11)19-23-7-13(21)8-24-19)26-20(29)17-5-12-4-16(12)28(17)18-9-22-10-25-27-18/h2-3,6-10,12,16-17H,4-5H2,1H3,(H,26,29)/t12?,16?,17-/m1/s1. The van der Waals surface area contributed by atoms with Gasteiger partial charge in [-0.25, -0.2) is 19.3 Å². The van der Waals surface area contributed by atoms with Crippen LogP contribution in [0.15, 0.2) is 43.1 Å². The predicted octanol–water partition coefficient (Wildman–Crippen LogP) is 2.38. The first-order chi connectivity index (χ1) is 14.1. The quantitative estimate of drug-likeness (QED) is 0.729. The van der Waals surface area contributed by atoms with Crippen molar-refractivity contribution in [2.45, 2.75) is 31.8 Å². The maximum atomic E-state index is 13.1. The molecular formula is C20H18FN7O. The summed E-state index contributed by atoms with van der Waals surface area (Å²) in [6, 6.07) is 5.54. The van der Waals surface area contributed by atoms with Crippen LogP contribution >= 0.6 is 0 Å². The molecule has 3 atom stereocenters. The molecule has 1 saturated heterocycles. The summed E-state index contributed by atoms with van der Waals surface area (Å²) in [5, 5.41) is 11.0. The zero-order chi connectivity index (χ0) is 20.0. The molecule has 8 nitrogen and oxygen atoms in total. The molecular weight excluding hydrogens is 373 g/mol. The Kier molecular flexibility index (Phi) is 4.15. The molecule has 2 aromatic heterocycles. The number of piperidine rings is 1. The van der Waals surface area contributed by atoms with Crippen molar-refractivity contribution in [1.82, 2.24) is 25.1 Å². The summed E-state index contributed by atoms with van der Waals surface area (Å²) < 4.78 is 13.1. The van der Waals surface area contributed by atoms with Crippen LogP contribution in [-0.2, 0) is 4.79 Å². The molecule has 2 aliphatic rings. The number of nitrogens with one attached hydrogen (secondary N) is 1. The third-order valence-corrected chi connectivity index (χ3v) is 5.51. The summed E-state index contributed by atoms with van der Waals surface area (Å²) in [7, 11) is 0. The predicted molar refractivity (Wildman–Crippen MR) is 103 cm³/mol. The Morgan fingerprint density at radius 2 is 2.03 bits per heavy atom. The molecule has 1 N–H and O–H groups in total. The largest absolute Gasteiger partial charge is 0.339 e. The van der Waals surface area contributed by atoms with E-state index in [4.69, 9.17) is 0 Å². The summed E-state index contributed by atoms with van der Waals surface area (Å²) in [6.07, 6.45) is 7.13. The zero-order valence-corrected chi connectivity index (χ0v) is 15.7. The highest BCUT2D eigenvalue weighted by Crippen LogP contribution is 2.49. The lowest BCUT2D eigenvalue weighted by molar-refractivity contribution is -0.117. The van der Waals surface area contributed by atoms with E-state index < -0.39 is 5.82 Å². The van der Waals surface area contributed by atoms with Crippen molar-refractivity contribution in [3.05, 3.63) is 54.5 Å². The second-order valence-corrected chi connectivity index (χ2v) is 7.43. The number of benzene rings is 1. The topological polar surface area (TPSA) is 96.8 Å². The van der Waals surface area contributed by atoms with Crippen LogP contribution in [0.5, 0.6) is 0 Å². The molecule has 2 unspecified atom stereocenters. The van der Waals surface area contributed by atoms with Gasteiger partial charge in [-0.3, -0.25) is 4.79 Å². The second kappa shape index (κ2) is 6.84. The third kappa shape index (κ3) is 3.28. The summed E-state index contributed by atoms with van der Waals surface area (Å²) >= 11 is 0. The van der Waals surface area contributed by atoms with Gasteiger partial charge in [0.25, 0.3) is 0 Å². The molecule has 2 fully saturated rings. The minimum atomic E-state index is -0.491. The first-order valence-corrected chi connectivity index (χ1v) is 9.40. The average Bonchev–Trinajstić information content (AvgIpc) is 3.40. The van der Waals surface area contributed by atoms with Gasteiger partial charge in [-0.15, -0.1) is 10.2 Å². The number of fused-ring (bicyclic) bond motifs is 1. The van der Waals surface area contributed by atoms with Crippen molar-refractivity contribution in [3.8, 4) is 11.4 Å². The number of amides is 1. The van der Waals surface area contributed by atoms with E-state index in [-0.39, 0.29) is 11.9 Å². The first kappa shape index (κ1) is 17.6. The lowest BCUT2D eigenvalue weighted by atomic mass is 10.1. The number of halogens is 1. The van der Waals surface area contributed by atoms with Crippen molar-refractivity contribution in [1.29, 1.82) is 0 Å². The Labute approximate surface area is 166 Å². The fraction of sp³-hybridized carbons (Fsp3) is 0.300. The van der Waals surface area contributed by atoms with Crippen molar-refractivity contribution >= 4 is 17.4 Å². The molecule has 1 aliphatic carbocycles. The summed E-state index contributed by atoms with van der Waals surface area (Å²) in [6.45, 7) is 1.92. The highest BCUT2D eigenvalue weighted by atomic mass is 19.1. The zero-order valence-electron chi connectivity index (χ0n) is 15.7. The van der Waals surface area contributed by atoms with Gasteiger partial charge in [0.05, 0.1) is 18.6 Å². The van der Waals surface area contributed by atoms with Crippen LogP contribution < -0.4 is 10.2 Å². The Hall–Kier alpha value is -3.49. The number of aryl methyl sites for hydroxylation is 1. The van der Waals surface area contributed by atoms with Gasteiger partial charge in [0, 0.05) is 17.3 Å². The number of hydrogen-bond acceptors (Lipinski definition) is 7. The fourth-order valence-electron chi connectivity index (χ4n) is 4.00. The summed E-state index contributed by atoms with van der Waals surface area (Å²) in [5.41, 5.74) is 2.32. The van der Waals surface area contributed by atoms with E-state index in [2.05, 4.69) is 30.5 Å². The minimum absolute atomic E-state index is 0.0994. The van der Waals surface area contributed by atoms with Gasteiger partial charge in [0.2, 0.25) is 5.91 Å². The van der Waals surface area contributed by atoms with Crippen LogP contribution in [0.1, 0.15) is 18.4 Å². The highest BCUT2D eigenvalue weighted by molar-refractivity contribution is 5.98. The highest BCUT2D eigenvalue weighted by Gasteiger charge is 2.54. The molecule has 1 aliphatic heterocycles. The van der Waals surface area contributed by atoms with Crippen LogP contribution in [0.2, 0.25) is 0 Å². The second-order valence-electron chi connectivity index (χ2n) is 7.43. The van der Waals surface area contributed by atoms with Gasteiger partial charge < -0.3 is 10.2 Å². The average molecular weight is 391 g/mol. The number of hydrogen-bond donors (Lipinski definition) is 1. The number of anilines is 2. The van der Waals surface area contributed by atoms with E-state index >= 15 is 0 Å². The Balaban J connectivity index is 1.38. The number of carbonyl (C=O) groups excluding carboxylic acids is 1. The molecule has 146 valence electrons. The van der Waals surface area contributed by atoms with Gasteiger partial charge in [-0.1, -0.05) is 6.07 Å². The van der Waals surface area contributed by atoms with Crippen LogP contribution in [0.25, 0.3) is 11.4 Å². The van der Waals surface area contributed by atoms with Crippen molar-refractivity contribution < 1.29 is 9.18 Å². The molecule has 29 heavy (non-hydrogen) atoms. The van der Waals surface area contributed by atoms with Crippen LogP contribution in [0.4, 0.5) is 15.9 Å². The minimum Gasteiger partial charge on any atom is -0.339 e. The third-order valence-electron chi connectivity index (χ3n) is 5.51. The van der Waals surface area contributed by atoms with Gasteiger partial charge >= 0.3 is 0 Å². The smallest absolute Gasteiger partial charge is 0.247 e. The van der Waals surface area contributed by atoms with Crippen molar-refractivity contribution in [2.75, 3.05) is 10.2 Å². The summed E-state index contributed by atoms with van der Waals surface area (Å²) in [5.74, 6) is 0.956. The van der Waals surface area contributed by atoms with Gasteiger partial charge in [0.15, 0.2) is 17.5 Å². The molecule has 0 spiro atoms. The number of nitrogens with zero attached hydrogens (tertiary/aromatic N) is 6. The molecule has 5 rings (SSSR count). The van der Waals surface area contributed by atoms with Crippen molar-refractivity contribution in [3.63, 3.8) is 0 Å². The van der Waals surface area contributed by atoms with E-state index in [1.807, 2.05) is 30.0 Å². The van der Waals surface area contributed by atoms with Gasteiger partial charge in [0.1, 0.15) is 12.4 Å². The maximum Gasteiger partial charge on any atom is 0.247 e. The first-order valence-electron chi connectivity index (χ1n) is 9.40. The Morgan fingerprint density at radius 1 is 1.21 bits per heavy atom. The molecule has 3 heterocycles. The monoisotopic (exact) mass is 391 g/mol. The lowest BCUT2D eigenvalue weighted by Gasteiger charge is -2.27. The Bertz CT molecular complexity index is 1060. The van der Waals surface area contributed by atoms with E-state index in [0.29, 0.717) is 29.3 Å². The number of aromatic nitrogens is 5. The number of carbonyl (C=O) groups is 1. The molecule has 9 heteroatoms. The van der Waals surface area contributed by atoms with E-state index in [1.165, 1.54) is 6.33 Å². The SMILES string of the molecule is Cc1ccc(NC(=O)[C@H]2CC3CC3N2c2cncnn2)cc1-c1ncc(F)cn1. The van der Waals surface area contributed by atoms with Crippen LogP contribution in [0.3, 0.4) is 0 Å². The molecule has 1 saturated carbocycles. The van der Waals surface area contributed by atoms with E-state index in [0.717, 1.165) is 36.4 Å².